The summed E-state index contributed by atoms with van der Waals surface area (Å²) < 4.78 is 49.3. The van der Waals surface area contributed by atoms with Crippen molar-refractivity contribution in [1.29, 1.82) is 0 Å². The van der Waals surface area contributed by atoms with E-state index in [9.17, 15) is 13.2 Å². The van der Waals surface area contributed by atoms with Gasteiger partial charge in [-0.3, -0.25) is 9.80 Å². The van der Waals surface area contributed by atoms with Crippen molar-refractivity contribution < 1.29 is 22.6 Å². The van der Waals surface area contributed by atoms with E-state index in [0.717, 1.165) is 19.6 Å². The van der Waals surface area contributed by atoms with Crippen LogP contribution in [0.15, 0.2) is 0 Å². The molecule has 0 aromatic rings. The first-order chi connectivity index (χ1) is 12.1. The van der Waals surface area contributed by atoms with Gasteiger partial charge in [0.15, 0.2) is 0 Å². The predicted molar refractivity (Wildman–Crippen MR) is 96.3 cm³/mol. The van der Waals surface area contributed by atoms with Gasteiger partial charge in [0.05, 0.1) is 31.8 Å². The van der Waals surface area contributed by atoms with Gasteiger partial charge in [-0.05, 0) is 33.1 Å². The van der Waals surface area contributed by atoms with Crippen LogP contribution in [0.5, 0.6) is 0 Å². The second-order valence-electron chi connectivity index (χ2n) is 8.45. The number of halogens is 3. The molecule has 4 atom stereocenters. The van der Waals surface area contributed by atoms with E-state index in [1.807, 2.05) is 0 Å². The number of rotatable bonds is 6. The van der Waals surface area contributed by atoms with Gasteiger partial charge in [-0.1, -0.05) is 13.8 Å². The molecule has 4 unspecified atom stereocenters. The highest BCUT2D eigenvalue weighted by Gasteiger charge is 2.37. The number of morpholine rings is 2. The van der Waals surface area contributed by atoms with Gasteiger partial charge >= 0.3 is 6.18 Å². The molecule has 2 rings (SSSR count). The van der Waals surface area contributed by atoms with Crippen molar-refractivity contribution in [2.45, 2.75) is 84.0 Å². The molecule has 2 aliphatic rings. The summed E-state index contributed by atoms with van der Waals surface area (Å²) in [5.74, 6) is 0.540. The van der Waals surface area contributed by atoms with Crippen molar-refractivity contribution in [3.8, 4) is 0 Å². The van der Waals surface area contributed by atoms with E-state index in [0.29, 0.717) is 37.7 Å². The first-order valence-corrected chi connectivity index (χ1v) is 9.86. The maximum atomic E-state index is 12.6. The average Bonchev–Trinajstić information content (AvgIpc) is 2.53. The molecule has 0 aromatic heterocycles. The first kappa shape index (κ1) is 21.9. The molecule has 4 nitrogen and oxygen atoms in total. The second-order valence-corrected chi connectivity index (χ2v) is 8.45. The van der Waals surface area contributed by atoms with Gasteiger partial charge in [-0.15, -0.1) is 0 Å². The Bertz CT molecular complexity index is 431. The van der Waals surface area contributed by atoms with Gasteiger partial charge in [0.2, 0.25) is 0 Å². The zero-order valence-corrected chi connectivity index (χ0v) is 16.8. The molecule has 26 heavy (non-hydrogen) atoms. The van der Waals surface area contributed by atoms with Crippen LogP contribution in [-0.4, -0.2) is 79.2 Å². The zero-order chi connectivity index (χ0) is 19.5. The fourth-order valence-corrected chi connectivity index (χ4v) is 4.12. The highest BCUT2D eigenvalue weighted by atomic mass is 19.4. The third-order valence-corrected chi connectivity index (χ3v) is 5.63. The van der Waals surface area contributed by atoms with Crippen LogP contribution >= 0.6 is 0 Å². The number of ether oxygens (including phenoxy) is 2. The lowest BCUT2D eigenvalue weighted by Crippen LogP contribution is -2.56. The van der Waals surface area contributed by atoms with Crippen molar-refractivity contribution in [3.63, 3.8) is 0 Å². The zero-order valence-electron chi connectivity index (χ0n) is 16.8. The highest BCUT2D eigenvalue weighted by molar-refractivity contribution is 4.87. The van der Waals surface area contributed by atoms with Crippen LogP contribution in [0, 0.1) is 5.92 Å². The maximum Gasteiger partial charge on any atom is 0.391 e. The van der Waals surface area contributed by atoms with E-state index in [-0.39, 0.29) is 12.1 Å². The normalized spacial score (nSPS) is 30.9. The van der Waals surface area contributed by atoms with Gasteiger partial charge in [0, 0.05) is 37.8 Å². The summed E-state index contributed by atoms with van der Waals surface area (Å²) in [5, 5.41) is 0. The predicted octanol–water partition coefficient (Wildman–Crippen LogP) is 3.55. The quantitative estimate of drug-likeness (QED) is 0.704. The van der Waals surface area contributed by atoms with E-state index in [2.05, 4.69) is 44.4 Å². The molecular formula is C19H35F3N2O2. The Hall–Kier alpha value is -0.370. The van der Waals surface area contributed by atoms with Crippen LogP contribution < -0.4 is 0 Å². The van der Waals surface area contributed by atoms with Crippen LogP contribution in [0.3, 0.4) is 0 Å². The molecule has 0 saturated carbocycles. The maximum absolute atomic E-state index is 12.6. The topological polar surface area (TPSA) is 24.9 Å². The third kappa shape index (κ3) is 6.36. The fourth-order valence-electron chi connectivity index (χ4n) is 4.12. The van der Waals surface area contributed by atoms with E-state index >= 15 is 0 Å². The molecule has 0 amide bonds. The minimum absolute atomic E-state index is 0.131. The van der Waals surface area contributed by atoms with Crippen molar-refractivity contribution in [2.24, 2.45) is 5.92 Å². The first-order valence-electron chi connectivity index (χ1n) is 9.86. The molecule has 0 aromatic carbocycles. The van der Waals surface area contributed by atoms with E-state index in [4.69, 9.17) is 9.47 Å². The van der Waals surface area contributed by atoms with Crippen LogP contribution in [0.1, 0.15) is 47.5 Å². The van der Waals surface area contributed by atoms with Crippen LogP contribution in [0.4, 0.5) is 13.2 Å². The Labute approximate surface area is 156 Å². The van der Waals surface area contributed by atoms with Crippen molar-refractivity contribution in [2.75, 3.05) is 32.8 Å². The summed E-state index contributed by atoms with van der Waals surface area (Å²) in [6.45, 7) is 14.0. The van der Waals surface area contributed by atoms with Gasteiger partial charge < -0.3 is 9.47 Å². The average molecular weight is 380 g/mol. The molecule has 0 spiro atoms. The molecule has 2 saturated heterocycles. The van der Waals surface area contributed by atoms with Gasteiger partial charge in [-0.2, -0.15) is 13.2 Å². The van der Waals surface area contributed by atoms with E-state index in [1.54, 1.807) is 0 Å². The Balaban J connectivity index is 1.87. The van der Waals surface area contributed by atoms with Crippen molar-refractivity contribution >= 4 is 0 Å². The fraction of sp³-hybridized carbons (Fsp3) is 1.00. The molecule has 2 fully saturated rings. The largest absolute Gasteiger partial charge is 0.391 e. The third-order valence-electron chi connectivity index (χ3n) is 5.63. The standard InChI is InChI=1S/C19H35F3N2O2/c1-13(2)18-12-26-16(11-24(18)14(3)4)8-15(5)23-6-7-25-17(10-23)9-19(20,21)22/h13-18H,6-12H2,1-5H3. The van der Waals surface area contributed by atoms with Crippen LogP contribution in [-0.2, 0) is 9.47 Å². The van der Waals surface area contributed by atoms with Gasteiger partial charge in [0.25, 0.3) is 0 Å². The molecule has 0 radical (unpaired) electrons. The number of hydrogen-bond donors (Lipinski definition) is 0. The van der Waals surface area contributed by atoms with Gasteiger partial charge in [0.1, 0.15) is 0 Å². The monoisotopic (exact) mass is 380 g/mol. The second kappa shape index (κ2) is 9.22. The SMILES string of the molecule is CC(C)C1COC(CC(C)N2CCOC(CC(F)(F)F)C2)CN1C(C)C. The summed E-state index contributed by atoms with van der Waals surface area (Å²) in [7, 11) is 0. The molecule has 0 N–H and O–H groups in total. The molecule has 154 valence electrons. The molecular weight excluding hydrogens is 345 g/mol. The minimum Gasteiger partial charge on any atom is -0.375 e. The van der Waals surface area contributed by atoms with Crippen LogP contribution in [0.2, 0.25) is 0 Å². The smallest absolute Gasteiger partial charge is 0.375 e. The summed E-state index contributed by atoms with van der Waals surface area (Å²) in [5.41, 5.74) is 0. The summed E-state index contributed by atoms with van der Waals surface area (Å²) >= 11 is 0. The van der Waals surface area contributed by atoms with Crippen LogP contribution in [0.25, 0.3) is 0 Å². The number of nitrogens with zero attached hydrogens (tertiary/aromatic N) is 2. The molecule has 0 bridgehead atoms. The summed E-state index contributed by atoms with van der Waals surface area (Å²) in [6.07, 6.45) is -4.82. The number of hydrogen-bond acceptors (Lipinski definition) is 4. The van der Waals surface area contributed by atoms with Crippen molar-refractivity contribution in [1.82, 2.24) is 9.80 Å². The van der Waals surface area contributed by atoms with E-state index < -0.39 is 18.7 Å². The van der Waals surface area contributed by atoms with Crippen molar-refractivity contribution in [3.05, 3.63) is 0 Å². The molecule has 7 heteroatoms. The Morgan fingerprint density at radius 3 is 2.27 bits per heavy atom. The lowest BCUT2D eigenvalue weighted by molar-refractivity contribution is -0.173. The highest BCUT2D eigenvalue weighted by Crippen LogP contribution is 2.27. The minimum atomic E-state index is -4.17. The summed E-state index contributed by atoms with van der Waals surface area (Å²) in [4.78, 5) is 4.63. The van der Waals surface area contributed by atoms with E-state index in [1.165, 1.54) is 0 Å². The Morgan fingerprint density at radius 1 is 1.00 bits per heavy atom. The van der Waals surface area contributed by atoms with Gasteiger partial charge in [-0.25, -0.2) is 0 Å². The summed E-state index contributed by atoms with van der Waals surface area (Å²) in [6, 6.07) is 1.08. The lowest BCUT2D eigenvalue weighted by Gasteiger charge is -2.45. The molecule has 0 aliphatic carbocycles. The lowest BCUT2D eigenvalue weighted by atomic mass is 9.97. The molecule has 2 heterocycles. The Kier molecular flexibility index (Phi) is 7.77. The molecule has 2 aliphatic heterocycles. The number of alkyl halides is 3. The Morgan fingerprint density at radius 2 is 1.69 bits per heavy atom.